The molecule has 0 unspecified atom stereocenters. The largest absolute Gasteiger partial charge is 0.349 e. The Labute approximate surface area is 171 Å². The second kappa shape index (κ2) is 7.52. The summed E-state index contributed by atoms with van der Waals surface area (Å²) in [5.41, 5.74) is 2.49. The van der Waals surface area contributed by atoms with E-state index in [1.807, 2.05) is 13.0 Å². The minimum Gasteiger partial charge on any atom is -0.349 e. The number of pyridine rings is 1. The number of amides is 1. The number of rotatable bonds is 5. The quantitative estimate of drug-likeness (QED) is 0.842. The first-order chi connectivity index (χ1) is 14.1. The lowest BCUT2D eigenvalue weighted by molar-refractivity contribution is 0.0612. The molecule has 2 aliphatic heterocycles. The molecule has 1 saturated carbocycles. The Morgan fingerprint density at radius 3 is 2.79 bits per heavy atom. The van der Waals surface area contributed by atoms with Gasteiger partial charge < -0.3 is 9.88 Å². The molecule has 3 aliphatic rings. The van der Waals surface area contributed by atoms with Crippen LogP contribution in [0.4, 0.5) is 0 Å². The third kappa shape index (κ3) is 4.06. The minimum absolute atomic E-state index is 0.0596. The van der Waals surface area contributed by atoms with Gasteiger partial charge >= 0.3 is 0 Å². The van der Waals surface area contributed by atoms with E-state index in [1.165, 1.54) is 12.8 Å². The van der Waals surface area contributed by atoms with Crippen molar-refractivity contribution >= 4 is 5.91 Å². The Hall–Kier alpha value is -2.28. The highest BCUT2D eigenvalue weighted by atomic mass is 16.2. The Bertz CT molecular complexity index is 894. The van der Waals surface area contributed by atoms with E-state index in [2.05, 4.69) is 42.1 Å². The van der Waals surface area contributed by atoms with Crippen molar-refractivity contribution in [1.82, 2.24) is 30.0 Å². The average molecular weight is 395 g/mol. The third-order valence-corrected chi connectivity index (χ3v) is 6.90. The lowest BCUT2D eigenvalue weighted by Gasteiger charge is -2.44. The zero-order valence-corrected chi connectivity index (χ0v) is 17.2. The summed E-state index contributed by atoms with van der Waals surface area (Å²) in [6.45, 7) is 6.77. The fourth-order valence-electron chi connectivity index (χ4n) is 4.79. The van der Waals surface area contributed by atoms with Crippen molar-refractivity contribution in [3.8, 4) is 0 Å². The molecule has 2 fully saturated rings. The van der Waals surface area contributed by atoms with E-state index < -0.39 is 0 Å². The standard InChI is InChI=1S/C22H30N6O/c1-16-3-2-4-18(24-16)14-27-11-9-22(10-12-27)8-7-19-25-26-20(28(19)15-22)21(29)23-13-17-5-6-17/h2-4,17H,5-15H2,1H3,(H,23,29). The molecule has 0 aromatic carbocycles. The first-order valence-corrected chi connectivity index (χ1v) is 11.0. The summed E-state index contributed by atoms with van der Waals surface area (Å²) < 4.78 is 2.10. The number of piperidine rings is 1. The monoisotopic (exact) mass is 394 g/mol. The number of hydrogen-bond acceptors (Lipinski definition) is 5. The van der Waals surface area contributed by atoms with Gasteiger partial charge in [0.05, 0.1) is 5.69 Å². The number of carbonyl (C=O) groups is 1. The molecule has 5 rings (SSSR count). The highest BCUT2D eigenvalue weighted by Crippen LogP contribution is 2.41. The maximum Gasteiger partial charge on any atom is 0.289 e. The van der Waals surface area contributed by atoms with E-state index in [0.29, 0.717) is 11.7 Å². The fraction of sp³-hybridized carbons (Fsp3) is 0.636. The van der Waals surface area contributed by atoms with Crippen molar-refractivity contribution in [2.45, 2.75) is 58.5 Å². The third-order valence-electron chi connectivity index (χ3n) is 6.90. The molecular formula is C22H30N6O. The predicted octanol–water partition coefficient (Wildman–Crippen LogP) is 2.35. The summed E-state index contributed by atoms with van der Waals surface area (Å²) in [7, 11) is 0. The Morgan fingerprint density at radius 2 is 2.03 bits per heavy atom. The van der Waals surface area contributed by atoms with Gasteiger partial charge in [-0.05, 0) is 75.6 Å². The van der Waals surface area contributed by atoms with Crippen LogP contribution in [0.15, 0.2) is 18.2 Å². The molecule has 29 heavy (non-hydrogen) atoms. The molecule has 1 amide bonds. The van der Waals surface area contributed by atoms with E-state index in [9.17, 15) is 4.79 Å². The molecule has 7 heteroatoms. The zero-order valence-electron chi connectivity index (χ0n) is 17.2. The van der Waals surface area contributed by atoms with Crippen LogP contribution in [0.3, 0.4) is 0 Å². The molecule has 0 radical (unpaired) electrons. The Kier molecular flexibility index (Phi) is 4.86. The van der Waals surface area contributed by atoms with Gasteiger partial charge in [-0.15, -0.1) is 10.2 Å². The lowest BCUT2D eigenvalue weighted by Crippen LogP contribution is -2.45. The SMILES string of the molecule is Cc1cccc(CN2CCC3(CCc4nnc(C(=O)NCC5CC5)n4C3)CC2)n1. The second-order valence-electron chi connectivity index (χ2n) is 9.23. The van der Waals surface area contributed by atoms with E-state index in [0.717, 1.165) is 75.6 Å². The molecule has 7 nitrogen and oxygen atoms in total. The van der Waals surface area contributed by atoms with Crippen LogP contribution >= 0.6 is 0 Å². The average Bonchev–Trinajstić information content (AvgIpc) is 3.46. The molecule has 0 bridgehead atoms. The summed E-state index contributed by atoms with van der Waals surface area (Å²) in [5.74, 6) is 2.08. The molecule has 1 saturated heterocycles. The summed E-state index contributed by atoms with van der Waals surface area (Å²) in [5, 5.41) is 11.6. The maximum absolute atomic E-state index is 12.6. The summed E-state index contributed by atoms with van der Waals surface area (Å²) in [6, 6.07) is 6.26. The van der Waals surface area contributed by atoms with Crippen LogP contribution in [0.25, 0.3) is 0 Å². The molecule has 2 aromatic heterocycles. The molecule has 1 spiro atoms. The number of nitrogens with zero attached hydrogens (tertiary/aromatic N) is 5. The van der Waals surface area contributed by atoms with Crippen molar-refractivity contribution < 1.29 is 4.79 Å². The van der Waals surface area contributed by atoms with Gasteiger partial charge in [-0.25, -0.2) is 0 Å². The number of likely N-dealkylation sites (tertiary alicyclic amines) is 1. The minimum atomic E-state index is -0.0596. The molecule has 154 valence electrons. The van der Waals surface area contributed by atoms with E-state index in [4.69, 9.17) is 0 Å². The van der Waals surface area contributed by atoms with Crippen LogP contribution < -0.4 is 5.32 Å². The van der Waals surface area contributed by atoms with Gasteiger partial charge in [0.1, 0.15) is 5.82 Å². The van der Waals surface area contributed by atoms with Gasteiger partial charge in [0.15, 0.2) is 0 Å². The molecule has 1 aliphatic carbocycles. The molecule has 2 aromatic rings. The van der Waals surface area contributed by atoms with Crippen LogP contribution in [0, 0.1) is 18.3 Å². The molecular weight excluding hydrogens is 364 g/mol. The van der Waals surface area contributed by atoms with Crippen molar-refractivity contribution in [3.05, 3.63) is 41.2 Å². The van der Waals surface area contributed by atoms with Crippen LogP contribution in [0.5, 0.6) is 0 Å². The van der Waals surface area contributed by atoms with Gasteiger partial charge in [0.25, 0.3) is 5.91 Å². The van der Waals surface area contributed by atoms with Gasteiger partial charge in [-0.1, -0.05) is 6.07 Å². The second-order valence-corrected chi connectivity index (χ2v) is 9.23. The van der Waals surface area contributed by atoms with Crippen LogP contribution in [-0.2, 0) is 19.5 Å². The summed E-state index contributed by atoms with van der Waals surface area (Å²) in [6.07, 6.45) is 6.83. The lowest BCUT2D eigenvalue weighted by atomic mass is 9.73. The van der Waals surface area contributed by atoms with E-state index in [1.54, 1.807) is 0 Å². The topological polar surface area (TPSA) is 75.9 Å². The Balaban J connectivity index is 1.22. The number of hydrogen-bond donors (Lipinski definition) is 1. The van der Waals surface area contributed by atoms with Gasteiger partial charge in [-0.3, -0.25) is 14.7 Å². The van der Waals surface area contributed by atoms with E-state index >= 15 is 0 Å². The summed E-state index contributed by atoms with van der Waals surface area (Å²) >= 11 is 0. The highest BCUT2D eigenvalue weighted by molar-refractivity contribution is 5.90. The van der Waals surface area contributed by atoms with Crippen LogP contribution in [-0.4, -0.2) is 50.2 Å². The maximum atomic E-state index is 12.6. The Morgan fingerprint density at radius 1 is 1.21 bits per heavy atom. The smallest absolute Gasteiger partial charge is 0.289 e. The van der Waals surface area contributed by atoms with Crippen molar-refractivity contribution in [3.63, 3.8) is 0 Å². The molecule has 4 heterocycles. The van der Waals surface area contributed by atoms with Crippen molar-refractivity contribution in [2.24, 2.45) is 11.3 Å². The van der Waals surface area contributed by atoms with Gasteiger partial charge in [-0.2, -0.15) is 0 Å². The normalized spacial score (nSPS) is 21.1. The van der Waals surface area contributed by atoms with Crippen molar-refractivity contribution in [2.75, 3.05) is 19.6 Å². The van der Waals surface area contributed by atoms with E-state index in [-0.39, 0.29) is 11.3 Å². The number of aromatic nitrogens is 4. The van der Waals surface area contributed by atoms with Crippen LogP contribution in [0.2, 0.25) is 0 Å². The number of carbonyl (C=O) groups excluding carboxylic acids is 1. The first kappa shape index (κ1) is 18.7. The zero-order chi connectivity index (χ0) is 19.8. The fourth-order valence-corrected chi connectivity index (χ4v) is 4.79. The van der Waals surface area contributed by atoms with Crippen LogP contribution in [0.1, 0.15) is 59.9 Å². The van der Waals surface area contributed by atoms with Gasteiger partial charge in [0, 0.05) is 31.7 Å². The number of nitrogens with one attached hydrogen (secondary N) is 1. The predicted molar refractivity (Wildman–Crippen MR) is 109 cm³/mol. The number of aryl methyl sites for hydroxylation is 2. The summed E-state index contributed by atoms with van der Waals surface area (Å²) in [4.78, 5) is 19.8. The first-order valence-electron chi connectivity index (χ1n) is 11.0. The number of fused-ring (bicyclic) bond motifs is 1. The van der Waals surface area contributed by atoms with Gasteiger partial charge in [0.2, 0.25) is 5.82 Å². The molecule has 0 atom stereocenters. The highest BCUT2D eigenvalue weighted by Gasteiger charge is 2.40. The van der Waals surface area contributed by atoms with Crippen molar-refractivity contribution in [1.29, 1.82) is 0 Å². The molecule has 1 N–H and O–H groups in total.